The fraction of sp³-hybridized carbons (Fsp3) is 0.296. The van der Waals surface area contributed by atoms with Crippen molar-refractivity contribution in [3.05, 3.63) is 83.1 Å². The third-order valence-corrected chi connectivity index (χ3v) is 6.04. The van der Waals surface area contributed by atoms with Gasteiger partial charge in [-0.15, -0.1) is 0 Å². The van der Waals surface area contributed by atoms with E-state index >= 15 is 0 Å². The summed E-state index contributed by atoms with van der Waals surface area (Å²) in [4.78, 5) is 26.4. The molecule has 2 heterocycles. The molecule has 4 rings (SSSR count). The number of aromatic nitrogens is 2. The second-order valence-electron chi connectivity index (χ2n) is 8.55. The van der Waals surface area contributed by atoms with Gasteiger partial charge in [0.15, 0.2) is 0 Å². The Labute approximate surface area is 194 Å². The van der Waals surface area contributed by atoms with Gasteiger partial charge in [-0.05, 0) is 55.5 Å². The lowest BCUT2D eigenvalue weighted by atomic mass is 10.0. The Bertz CT molecular complexity index is 1160. The first-order chi connectivity index (χ1) is 16.0. The van der Waals surface area contributed by atoms with Crippen molar-refractivity contribution < 1.29 is 9.59 Å². The third kappa shape index (κ3) is 5.77. The van der Waals surface area contributed by atoms with Crippen LogP contribution < -0.4 is 5.32 Å². The van der Waals surface area contributed by atoms with Crippen LogP contribution in [0.4, 0.5) is 0 Å². The molecular weight excluding hydrogens is 412 g/mol. The van der Waals surface area contributed by atoms with Crippen LogP contribution in [-0.2, 0) is 16.1 Å². The van der Waals surface area contributed by atoms with Crippen LogP contribution >= 0.6 is 0 Å². The van der Waals surface area contributed by atoms with Crippen LogP contribution in [-0.4, -0.2) is 46.1 Å². The van der Waals surface area contributed by atoms with Crippen molar-refractivity contribution in [1.29, 1.82) is 0 Å². The molecular formula is C27H30N4O2. The average Bonchev–Trinajstić information content (AvgIpc) is 3.49. The van der Waals surface area contributed by atoms with Gasteiger partial charge in [0.2, 0.25) is 11.8 Å². The summed E-state index contributed by atoms with van der Waals surface area (Å²) in [5.74, 6) is -0.315. The monoisotopic (exact) mass is 442 g/mol. The molecule has 0 atom stereocenters. The number of aryl methyl sites for hydroxylation is 2. The molecule has 6 nitrogen and oxygen atoms in total. The topological polar surface area (TPSA) is 67.2 Å². The van der Waals surface area contributed by atoms with Gasteiger partial charge in [-0.2, -0.15) is 5.10 Å². The number of nitrogens with zero attached hydrogens (tertiary/aromatic N) is 3. The molecule has 170 valence electrons. The zero-order chi connectivity index (χ0) is 23.2. The maximum atomic E-state index is 12.4. The standard InChI is InChI=1S/C27H30N4O2/c1-20-10-11-23(16-21(20)2)27-24(19-31(29-27)18-22-8-4-3-5-9-22)12-13-25(32)28-17-26(33)30-14-6-7-15-30/h3-5,8-13,16,19H,6-7,14-15,17-18H2,1-2H3,(H,28,32)/b13-12+. The number of likely N-dealkylation sites (tertiary alicyclic amines) is 1. The Morgan fingerprint density at radius 2 is 1.79 bits per heavy atom. The molecule has 33 heavy (non-hydrogen) atoms. The van der Waals surface area contributed by atoms with Crippen molar-refractivity contribution in [1.82, 2.24) is 20.0 Å². The number of carbonyl (C=O) groups excluding carboxylic acids is 2. The van der Waals surface area contributed by atoms with E-state index in [0.717, 1.165) is 48.3 Å². The van der Waals surface area contributed by atoms with Crippen LogP contribution in [0.15, 0.2) is 60.8 Å². The fourth-order valence-electron chi connectivity index (χ4n) is 3.99. The van der Waals surface area contributed by atoms with Crippen molar-refractivity contribution >= 4 is 17.9 Å². The van der Waals surface area contributed by atoms with E-state index < -0.39 is 0 Å². The summed E-state index contributed by atoms with van der Waals surface area (Å²) in [5.41, 5.74) is 6.26. The van der Waals surface area contributed by atoms with Gasteiger partial charge in [0.25, 0.3) is 0 Å². The zero-order valence-electron chi connectivity index (χ0n) is 19.3. The SMILES string of the molecule is Cc1ccc(-c2nn(Cc3ccccc3)cc2/C=C/C(=O)NCC(=O)N2CCCC2)cc1C. The van der Waals surface area contributed by atoms with E-state index in [1.807, 2.05) is 29.1 Å². The van der Waals surface area contributed by atoms with E-state index in [4.69, 9.17) is 5.10 Å². The molecule has 0 aliphatic carbocycles. The molecule has 0 radical (unpaired) electrons. The Balaban J connectivity index is 1.52. The molecule has 2 aromatic carbocycles. The van der Waals surface area contributed by atoms with E-state index in [1.165, 1.54) is 17.2 Å². The molecule has 1 saturated heterocycles. The van der Waals surface area contributed by atoms with E-state index in [9.17, 15) is 9.59 Å². The molecule has 1 aliphatic heterocycles. The molecule has 1 aromatic heterocycles. The lowest BCUT2D eigenvalue weighted by Crippen LogP contribution is -2.38. The summed E-state index contributed by atoms with van der Waals surface area (Å²) < 4.78 is 1.90. The highest BCUT2D eigenvalue weighted by molar-refractivity contribution is 5.95. The van der Waals surface area contributed by atoms with Crippen molar-refractivity contribution in [2.75, 3.05) is 19.6 Å². The number of nitrogens with one attached hydrogen (secondary N) is 1. The van der Waals surface area contributed by atoms with Crippen LogP contribution in [0.5, 0.6) is 0 Å². The van der Waals surface area contributed by atoms with Gasteiger partial charge in [0.05, 0.1) is 18.8 Å². The lowest BCUT2D eigenvalue weighted by molar-refractivity contribution is -0.131. The van der Waals surface area contributed by atoms with Crippen molar-refractivity contribution in [3.63, 3.8) is 0 Å². The van der Waals surface area contributed by atoms with Crippen LogP contribution in [0.2, 0.25) is 0 Å². The number of carbonyl (C=O) groups is 2. The smallest absolute Gasteiger partial charge is 0.244 e. The van der Waals surface area contributed by atoms with E-state index in [1.54, 1.807) is 11.0 Å². The maximum Gasteiger partial charge on any atom is 0.244 e. The highest BCUT2D eigenvalue weighted by atomic mass is 16.2. The summed E-state index contributed by atoms with van der Waals surface area (Å²) in [7, 11) is 0. The number of hydrogen-bond donors (Lipinski definition) is 1. The second-order valence-corrected chi connectivity index (χ2v) is 8.55. The number of rotatable bonds is 7. The van der Waals surface area contributed by atoms with Gasteiger partial charge < -0.3 is 10.2 Å². The number of amides is 2. The minimum Gasteiger partial charge on any atom is -0.343 e. The summed E-state index contributed by atoms with van der Waals surface area (Å²) in [6.07, 6.45) is 7.28. The minimum atomic E-state index is -0.288. The molecule has 0 saturated carbocycles. The first kappa shape index (κ1) is 22.5. The predicted octanol–water partition coefficient (Wildman–Crippen LogP) is 3.97. The largest absolute Gasteiger partial charge is 0.343 e. The molecule has 1 N–H and O–H groups in total. The molecule has 1 fully saturated rings. The van der Waals surface area contributed by atoms with Gasteiger partial charge in [-0.1, -0.05) is 42.5 Å². The van der Waals surface area contributed by atoms with Crippen molar-refractivity contribution in [3.8, 4) is 11.3 Å². The Kier molecular flexibility index (Phi) is 7.03. The molecule has 3 aromatic rings. The molecule has 0 unspecified atom stereocenters. The van der Waals surface area contributed by atoms with Gasteiger partial charge in [0, 0.05) is 36.5 Å². The first-order valence-electron chi connectivity index (χ1n) is 11.4. The summed E-state index contributed by atoms with van der Waals surface area (Å²) in [6.45, 7) is 6.40. The summed E-state index contributed by atoms with van der Waals surface area (Å²) in [6, 6.07) is 16.4. The highest BCUT2D eigenvalue weighted by Gasteiger charge is 2.18. The summed E-state index contributed by atoms with van der Waals surface area (Å²) >= 11 is 0. The molecule has 0 spiro atoms. The molecule has 2 amide bonds. The lowest BCUT2D eigenvalue weighted by Gasteiger charge is -2.14. The number of benzene rings is 2. The second kappa shape index (κ2) is 10.3. The van der Waals surface area contributed by atoms with Crippen LogP contribution in [0.25, 0.3) is 17.3 Å². The fourth-order valence-corrected chi connectivity index (χ4v) is 3.99. The van der Waals surface area contributed by atoms with Gasteiger partial charge in [-0.25, -0.2) is 0 Å². The van der Waals surface area contributed by atoms with Crippen LogP contribution in [0, 0.1) is 13.8 Å². The van der Waals surface area contributed by atoms with Crippen LogP contribution in [0.1, 0.15) is 35.1 Å². The van der Waals surface area contributed by atoms with Gasteiger partial charge in [-0.3, -0.25) is 14.3 Å². The quantitative estimate of drug-likeness (QED) is 0.563. The Hall–Kier alpha value is -3.67. The summed E-state index contributed by atoms with van der Waals surface area (Å²) in [5, 5.41) is 7.53. The van der Waals surface area contributed by atoms with E-state index in [-0.39, 0.29) is 18.4 Å². The zero-order valence-corrected chi connectivity index (χ0v) is 19.3. The molecule has 6 heteroatoms. The maximum absolute atomic E-state index is 12.4. The molecule has 1 aliphatic rings. The highest BCUT2D eigenvalue weighted by Crippen LogP contribution is 2.26. The Morgan fingerprint density at radius 3 is 2.52 bits per heavy atom. The average molecular weight is 443 g/mol. The minimum absolute atomic E-state index is 0.0271. The normalized spacial score (nSPS) is 13.6. The van der Waals surface area contributed by atoms with Crippen LogP contribution in [0.3, 0.4) is 0 Å². The third-order valence-electron chi connectivity index (χ3n) is 6.04. The van der Waals surface area contributed by atoms with E-state index in [0.29, 0.717) is 6.54 Å². The van der Waals surface area contributed by atoms with Gasteiger partial charge >= 0.3 is 0 Å². The van der Waals surface area contributed by atoms with Crippen molar-refractivity contribution in [2.24, 2.45) is 0 Å². The predicted molar refractivity (Wildman–Crippen MR) is 131 cm³/mol. The van der Waals surface area contributed by atoms with Gasteiger partial charge in [0.1, 0.15) is 0 Å². The molecule has 0 bridgehead atoms. The Morgan fingerprint density at radius 1 is 1.03 bits per heavy atom. The first-order valence-corrected chi connectivity index (χ1v) is 11.4. The van der Waals surface area contributed by atoms with Crippen molar-refractivity contribution in [2.45, 2.75) is 33.2 Å². The number of hydrogen-bond acceptors (Lipinski definition) is 3. The van der Waals surface area contributed by atoms with E-state index in [2.05, 4.69) is 49.5 Å².